The van der Waals surface area contributed by atoms with Crippen LogP contribution in [0.2, 0.25) is 0 Å². The van der Waals surface area contributed by atoms with E-state index in [-0.39, 0.29) is 29.4 Å². The summed E-state index contributed by atoms with van der Waals surface area (Å²) < 4.78 is 37.3. The number of carbonyl (C=O) groups excluding carboxylic acids is 2. The van der Waals surface area contributed by atoms with Crippen molar-refractivity contribution in [2.45, 2.75) is 24.5 Å². The molecule has 1 heterocycles. The molecule has 14 heteroatoms. The van der Waals surface area contributed by atoms with Crippen LogP contribution < -0.4 is 20.7 Å². The van der Waals surface area contributed by atoms with Crippen molar-refractivity contribution in [3.63, 3.8) is 0 Å². The van der Waals surface area contributed by atoms with E-state index in [2.05, 4.69) is 25.8 Å². The summed E-state index contributed by atoms with van der Waals surface area (Å²) in [6, 6.07) is 20.7. The molecular formula is C28H27N5O8S. The van der Waals surface area contributed by atoms with Gasteiger partial charge in [0.15, 0.2) is 11.9 Å². The first-order valence-electron chi connectivity index (χ1n) is 12.5. The van der Waals surface area contributed by atoms with E-state index in [1.54, 1.807) is 43.3 Å². The van der Waals surface area contributed by atoms with Gasteiger partial charge in [0.1, 0.15) is 12.4 Å². The highest BCUT2D eigenvalue weighted by Gasteiger charge is 2.23. The van der Waals surface area contributed by atoms with Gasteiger partial charge in [0.25, 0.3) is 10.0 Å². The highest BCUT2D eigenvalue weighted by atomic mass is 32.2. The summed E-state index contributed by atoms with van der Waals surface area (Å²) in [6.45, 7) is 1.44. The largest absolute Gasteiger partial charge is 0.479 e. The standard InChI is InChI=1S/C28H27N5O8S/c1-18-14-24(32-41-18)33-42(38,39)23-12-10-21(11-13-23)29-16-25(34)30-22-9-5-8-20(15-22)26(27(35)36)31-28(37)40-17-19-6-3-2-4-7-19/h2-15,26,29H,16-17H2,1H3,(H,30,34)(H,31,37)(H,32,33)(H,35,36)/t26-/m0/s1. The number of hydrogen-bond acceptors (Lipinski definition) is 9. The number of nitrogens with one attached hydrogen (secondary N) is 4. The second-order valence-corrected chi connectivity index (χ2v) is 10.6. The fourth-order valence-corrected chi connectivity index (χ4v) is 4.70. The molecule has 1 atom stereocenters. The first kappa shape index (κ1) is 29.6. The van der Waals surface area contributed by atoms with E-state index in [0.29, 0.717) is 17.1 Å². The molecule has 13 nitrogen and oxygen atoms in total. The van der Waals surface area contributed by atoms with Gasteiger partial charge in [-0.2, -0.15) is 0 Å². The van der Waals surface area contributed by atoms with Gasteiger partial charge in [-0.05, 0) is 54.4 Å². The van der Waals surface area contributed by atoms with Gasteiger partial charge in [-0.25, -0.2) is 18.0 Å². The molecule has 0 radical (unpaired) electrons. The number of aliphatic carboxylic acids is 1. The Hall–Kier alpha value is -5.37. The quantitative estimate of drug-likeness (QED) is 0.161. The minimum absolute atomic E-state index is 0.0134. The number of aromatic nitrogens is 1. The predicted octanol–water partition coefficient (Wildman–Crippen LogP) is 3.89. The number of benzene rings is 3. The molecular weight excluding hydrogens is 566 g/mol. The summed E-state index contributed by atoms with van der Waals surface area (Å²) in [5, 5.41) is 21.1. The lowest BCUT2D eigenvalue weighted by Crippen LogP contribution is -2.34. The van der Waals surface area contributed by atoms with Crippen LogP contribution in [0.3, 0.4) is 0 Å². The fourth-order valence-electron chi connectivity index (χ4n) is 3.72. The molecule has 5 N–H and O–H groups in total. The van der Waals surface area contributed by atoms with Crippen molar-refractivity contribution in [2.75, 3.05) is 21.9 Å². The van der Waals surface area contributed by atoms with Crippen molar-refractivity contribution in [2.24, 2.45) is 0 Å². The summed E-state index contributed by atoms with van der Waals surface area (Å²) in [6.07, 6.45) is -0.910. The zero-order valence-electron chi connectivity index (χ0n) is 22.2. The zero-order chi connectivity index (χ0) is 30.1. The van der Waals surface area contributed by atoms with Gasteiger partial charge in [-0.1, -0.05) is 47.6 Å². The molecule has 0 spiro atoms. The molecule has 0 fully saturated rings. The maximum atomic E-state index is 12.5. The molecule has 0 saturated carbocycles. The SMILES string of the molecule is Cc1cc(NS(=O)(=O)c2ccc(NCC(=O)Nc3cccc([C@H](NC(=O)OCc4ccccc4)C(=O)O)c3)cc2)no1. The molecule has 0 aliphatic heterocycles. The molecule has 0 bridgehead atoms. The van der Waals surface area contributed by atoms with Gasteiger partial charge in [0, 0.05) is 17.4 Å². The zero-order valence-corrected chi connectivity index (χ0v) is 23.1. The molecule has 2 amide bonds. The normalized spacial score (nSPS) is 11.6. The Morgan fingerprint density at radius 3 is 2.36 bits per heavy atom. The van der Waals surface area contributed by atoms with Gasteiger partial charge in [-0.3, -0.25) is 9.52 Å². The maximum absolute atomic E-state index is 12.5. The third-order valence-corrected chi connectivity index (χ3v) is 7.08. The van der Waals surface area contributed by atoms with Gasteiger partial charge in [0.2, 0.25) is 5.91 Å². The van der Waals surface area contributed by atoms with Crippen molar-refractivity contribution in [3.05, 3.63) is 102 Å². The van der Waals surface area contributed by atoms with Crippen LogP contribution in [-0.2, 0) is 31.0 Å². The van der Waals surface area contributed by atoms with Crippen molar-refractivity contribution in [3.8, 4) is 0 Å². The number of aryl methyl sites for hydroxylation is 1. The van der Waals surface area contributed by atoms with Crippen LogP contribution in [0.4, 0.5) is 22.0 Å². The van der Waals surface area contributed by atoms with E-state index in [1.165, 1.54) is 42.5 Å². The molecule has 42 heavy (non-hydrogen) atoms. The van der Waals surface area contributed by atoms with E-state index >= 15 is 0 Å². The van der Waals surface area contributed by atoms with Crippen LogP contribution in [0.15, 0.2) is 94.3 Å². The molecule has 3 aromatic carbocycles. The molecule has 0 unspecified atom stereocenters. The summed E-state index contributed by atoms with van der Waals surface area (Å²) in [7, 11) is -3.89. The number of amides is 2. The lowest BCUT2D eigenvalue weighted by molar-refractivity contribution is -0.139. The third kappa shape index (κ3) is 8.32. The lowest BCUT2D eigenvalue weighted by Gasteiger charge is -2.16. The number of anilines is 3. The van der Waals surface area contributed by atoms with Crippen LogP contribution in [0, 0.1) is 6.92 Å². The molecule has 218 valence electrons. The Morgan fingerprint density at radius 1 is 0.952 bits per heavy atom. The smallest absolute Gasteiger partial charge is 0.408 e. The number of carboxylic acid groups (broad SMARTS) is 1. The Morgan fingerprint density at radius 2 is 1.69 bits per heavy atom. The average molecular weight is 594 g/mol. The first-order chi connectivity index (χ1) is 20.1. The number of carbonyl (C=O) groups is 3. The number of nitrogens with zero attached hydrogens (tertiary/aromatic N) is 1. The number of carboxylic acids is 1. The van der Waals surface area contributed by atoms with E-state index < -0.39 is 34.0 Å². The van der Waals surface area contributed by atoms with Crippen LogP contribution in [0.5, 0.6) is 0 Å². The van der Waals surface area contributed by atoms with Crippen molar-refractivity contribution >= 4 is 45.2 Å². The summed E-state index contributed by atoms with van der Waals surface area (Å²) in [5.74, 6) is -1.25. The second kappa shape index (κ2) is 13.3. The van der Waals surface area contributed by atoms with E-state index in [0.717, 1.165) is 5.56 Å². The second-order valence-electron chi connectivity index (χ2n) is 8.96. The van der Waals surface area contributed by atoms with Crippen LogP contribution in [0.1, 0.15) is 22.9 Å². The fraction of sp³-hybridized carbons (Fsp3) is 0.143. The average Bonchev–Trinajstić information content (AvgIpc) is 3.38. The predicted molar refractivity (Wildman–Crippen MR) is 152 cm³/mol. The number of hydrogen-bond donors (Lipinski definition) is 5. The first-order valence-corrected chi connectivity index (χ1v) is 14.0. The molecule has 1 aromatic heterocycles. The van der Waals surface area contributed by atoms with Gasteiger partial charge >= 0.3 is 12.1 Å². The lowest BCUT2D eigenvalue weighted by atomic mass is 10.1. The Labute approximate surface area is 240 Å². The number of rotatable bonds is 12. The van der Waals surface area contributed by atoms with Crippen molar-refractivity contribution in [1.29, 1.82) is 0 Å². The third-order valence-electron chi connectivity index (χ3n) is 5.71. The van der Waals surface area contributed by atoms with E-state index in [1.807, 2.05) is 6.07 Å². The van der Waals surface area contributed by atoms with E-state index in [4.69, 9.17) is 9.26 Å². The summed E-state index contributed by atoms with van der Waals surface area (Å²) in [5.41, 5.74) is 1.75. The van der Waals surface area contributed by atoms with Gasteiger partial charge in [0.05, 0.1) is 11.4 Å². The highest BCUT2D eigenvalue weighted by Crippen LogP contribution is 2.20. The number of ether oxygens (including phenoxy) is 1. The van der Waals surface area contributed by atoms with E-state index in [9.17, 15) is 27.9 Å². The number of sulfonamides is 1. The summed E-state index contributed by atoms with van der Waals surface area (Å²) >= 11 is 0. The van der Waals surface area contributed by atoms with Gasteiger partial charge < -0.3 is 30.3 Å². The van der Waals surface area contributed by atoms with Gasteiger partial charge in [-0.15, -0.1) is 0 Å². The van der Waals surface area contributed by atoms with Crippen molar-refractivity contribution < 1.29 is 37.2 Å². The highest BCUT2D eigenvalue weighted by molar-refractivity contribution is 7.92. The molecule has 0 aliphatic carbocycles. The maximum Gasteiger partial charge on any atom is 0.408 e. The Bertz CT molecular complexity index is 1660. The minimum atomic E-state index is -3.89. The molecule has 4 rings (SSSR count). The van der Waals surface area contributed by atoms with Crippen molar-refractivity contribution in [1.82, 2.24) is 10.5 Å². The topological polar surface area (TPSA) is 189 Å². The monoisotopic (exact) mass is 593 g/mol. The summed E-state index contributed by atoms with van der Waals surface area (Å²) in [4.78, 5) is 36.6. The Kier molecular flexibility index (Phi) is 9.39. The number of alkyl carbamates (subject to hydrolysis) is 1. The minimum Gasteiger partial charge on any atom is -0.479 e. The molecule has 4 aromatic rings. The van der Waals surface area contributed by atoms with Crippen LogP contribution >= 0.6 is 0 Å². The molecule has 0 saturated heterocycles. The molecule has 0 aliphatic rings. The van der Waals surface area contributed by atoms with Crippen LogP contribution in [-0.4, -0.2) is 43.2 Å². The van der Waals surface area contributed by atoms with Crippen LogP contribution in [0.25, 0.3) is 0 Å². The Balaban J connectivity index is 1.30.